The first-order valence-electron chi connectivity index (χ1n) is 9.26. The molecule has 1 aromatic heterocycles. The van der Waals surface area contributed by atoms with Gasteiger partial charge >= 0.3 is 0 Å². The van der Waals surface area contributed by atoms with E-state index in [1.807, 2.05) is 50.2 Å². The number of hydrogen-bond acceptors (Lipinski definition) is 4. The molecule has 29 heavy (non-hydrogen) atoms. The van der Waals surface area contributed by atoms with Crippen molar-refractivity contribution in [2.24, 2.45) is 0 Å². The lowest BCUT2D eigenvalue weighted by molar-refractivity contribution is 0.0716. The number of rotatable bonds is 4. The normalized spacial score (nSPS) is 16.1. The molecule has 3 aromatic rings. The molecule has 2 aromatic carbocycles. The van der Waals surface area contributed by atoms with Crippen molar-refractivity contribution in [2.75, 3.05) is 27.2 Å². The summed E-state index contributed by atoms with van der Waals surface area (Å²) in [6, 6.07) is 10.5. The molecule has 0 saturated carbocycles. The zero-order valence-corrected chi connectivity index (χ0v) is 18.7. The SMILES string of the molecule is Cc1cc2oc3c(c(=O)c2cc1Cl)C(c1cccc(Br)c1)N(CCN(C)C)C3=O. The van der Waals surface area contributed by atoms with E-state index in [1.165, 1.54) is 0 Å². The van der Waals surface area contributed by atoms with Crippen LogP contribution >= 0.6 is 27.5 Å². The second-order valence-corrected chi connectivity index (χ2v) is 8.85. The van der Waals surface area contributed by atoms with Crippen molar-refractivity contribution >= 4 is 44.4 Å². The Balaban J connectivity index is 1.97. The van der Waals surface area contributed by atoms with Crippen LogP contribution in [0.25, 0.3) is 11.0 Å². The molecular formula is C22H20BrClN2O3. The molecule has 0 fully saturated rings. The Kier molecular flexibility index (Phi) is 5.27. The number of likely N-dealkylation sites (N-methyl/N-ethyl adjacent to an activating group) is 1. The van der Waals surface area contributed by atoms with Gasteiger partial charge in [-0.15, -0.1) is 0 Å². The summed E-state index contributed by atoms with van der Waals surface area (Å²) in [4.78, 5) is 30.4. The highest BCUT2D eigenvalue weighted by atomic mass is 79.9. The van der Waals surface area contributed by atoms with Gasteiger partial charge in [-0.1, -0.05) is 39.7 Å². The van der Waals surface area contributed by atoms with Crippen LogP contribution in [0, 0.1) is 6.92 Å². The van der Waals surface area contributed by atoms with Crippen molar-refractivity contribution in [1.82, 2.24) is 9.80 Å². The standard InChI is InChI=1S/C22H20BrClN2O3/c1-12-9-17-15(11-16(12)24)20(27)18-19(13-5-4-6-14(23)10-13)26(8-7-25(2)3)22(28)21(18)29-17/h4-6,9-11,19H,7-8H2,1-3H3. The molecule has 0 saturated heterocycles. The smallest absolute Gasteiger partial charge is 0.290 e. The van der Waals surface area contributed by atoms with Crippen molar-refractivity contribution in [1.29, 1.82) is 0 Å². The van der Waals surface area contributed by atoms with E-state index in [-0.39, 0.29) is 17.1 Å². The largest absolute Gasteiger partial charge is 0.450 e. The fourth-order valence-corrected chi connectivity index (χ4v) is 4.28. The van der Waals surface area contributed by atoms with E-state index in [2.05, 4.69) is 15.9 Å². The number of aryl methyl sites for hydroxylation is 1. The van der Waals surface area contributed by atoms with Crippen LogP contribution in [0.15, 0.2) is 50.1 Å². The molecule has 5 nitrogen and oxygen atoms in total. The Bertz CT molecular complexity index is 1190. The molecule has 1 aliphatic heterocycles. The highest BCUT2D eigenvalue weighted by molar-refractivity contribution is 9.10. The monoisotopic (exact) mass is 474 g/mol. The highest BCUT2D eigenvalue weighted by Gasteiger charge is 2.42. The van der Waals surface area contributed by atoms with Gasteiger partial charge in [-0.3, -0.25) is 9.59 Å². The summed E-state index contributed by atoms with van der Waals surface area (Å²) in [7, 11) is 3.90. The first-order valence-corrected chi connectivity index (χ1v) is 10.4. The van der Waals surface area contributed by atoms with Crippen molar-refractivity contribution in [3.8, 4) is 0 Å². The fraction of sp³-hybridized carbons (Fsp3) is 0.273. The topological polar surface area (TPSA) is 53.8 Å². The van der Waals surface area contributed by atoms with Crippen LogP contribution in [-0.4, -0.2) is 42.9 Å². The lowest BCUT2D eigenvalue weighted by Crippen LogP contribution is -2.35. The van der Waals surface area contributed by atoms with Gasteiger partial charge in [-0.25, -0.2) is 0 Å². The van der Waals surface area contributed by atoms with E-state index in [0.29, 0.717) is 34.6 Å². The minimum atomic E-state index is -0.504. The average Bonchev–Trinajstić information content (AvgIpc) is 2.94. The van der Waals surface area contributed by atoms with Crippen LogP contribution in [0.3, 0.4) is 0 Å². The van der Waals surface area contributed by atoms with E-state index in [0.717, 1.165) is 15.6 Å². The van der Waals surface area contributed by atoms with E-state index in [9.17, 15) is 9.59 Å². The molecule has 0 aliphatic carbocycles. The third kappa shape index (κ3) is 3.50. The van der Waals surface area contributed by atoms with Gasteiger partial charge in [0.15, 0.2) is 5.43 Å². The molecule has 1 aliphatic rings. The zero-order chi connectivity index (χ0) is 20.9. The Labute approximate surface area is 182 Å². The van der Waals surface area contributed by atoms with Crippen LogP contribution < -0.4 is 5.43 Å². The number of amides is 1. The zero-order valence-electron chi connectivity index (χ0n) is 16.3. The Morgan fingerprint density at radius 1 is 1.21 bits per heavy atom. The van der Waals surface area contributed by atoms with Crippen molar-refractivity contribution in [3.05, 3.63) is 78.6 Å². The molecule has 0 spiro atoms. The van der Waals surface area contributed by atoms with Gasteiger partial charge in [0.05, 0.1) is 17.0 Å². The third-order valence-corrected chi connectivity index (χ3v) is 6.10. The maximum Gasteiger partial charge on any atom is 0.290 e. The van der Waals surface area contributed by atoms with E-state index in [4.69, 9.17) is 16.0 Å². The van der Waals surface area contributed by atoms with Gasteiger partial charge in [0, 0.05) is 22.6 Å². The summed E-state index contributed by atoms with van der Waals surface area (Å²) in [5.74, 6) is -0.147. The van der Waals surface area contributed by atoms with Crippen molar-refractivity contribution in [3.63, 3.8) is 0 Å². The Morgan fingerprint density at radius 2 is 1.97 bits per heavy atom. The third-order valence-electron chi connectivity index (χ3n) is 5.20. The molecule has 0 radical (unpaired) electrons. The van der Waals surface area contributed by atoms with Gasteiger partial charge in [-0.2, -0.15) is 0 Å². The lowest BCUT2D eigenvalue weighted by atomic mass is 9.98. The van der Waals surface area contributed by atoms with Crippen molar-refractivity contribution in [2.45, 2.75) is 13.0 Å². The van der Waals surface area contributed by atoms with Gasteiger partial charge in [0.25, 0.3) is 5.91 Å². The average molecular weight is 476 g/mol. The van der Waals surface area contributed by atoms with Gasteiger partial charge in [0.2, 0.25) is 5.76 Å². The molecule has 1 atom stereocenters. The van der Waals surface area contributed by atoms with Crippen LogP contribution in [0.2, 0.25) is 5.02 Å². The minimum absolute atomic E-state index is 0.118. The number of carbonyl (C=O) groups is 1. The molecule has 4 rings (SSSR count). The molecule has 2 heterocycles. The molecule has 0 bridgehead atoms. The molecule has 150 valence electrons. The quantitative estimate of drug-likeness (QED) is 0.552. The van der Waals surface area contributed by atoms with Gasteiger partial charge < -0.3 is 14.2 Å². The van der Waals surface area contributed by atoms with Crippen LogP contribution in [0.4, 0.5) is 0 Å². The minimum Gasteiger partial charge on any atom is -0.450 e. The van der Waals surface area contributed by atoms with E-state index < -0.39 is 6.04 Å². The molecule has 0 N–H and O–H groups in total. The fourth-order valence-electron chi connectivity index (χ4n) is 3.70. The molecular weight excluding hydrogens is 456 g/mol. The Morgan fingerprint density at radius 3 is 2.66 bits per heavy atom. The predicted octanol–water partition coefficient (Wildman–Crippen LogP) is 4.62. The van der Waals surface area contributed by atoms with E-state index in [1.54, 1.807) is 17.0 Å². The maximum atomic E-state index is 13.5. The lowest BCUT2D eigenvalue weighted by Gasteiger charge is -2.26. The summed E-state index contributed by atoms with van der Waals surface area (Å²) in [6.07, 6.45) is 0. The van der Waals surface area contributed by atoms with Crippen LogP contribution in [0.5, 0.6) is 0 Å². The summed E-state index contributed by atoms with van der Waals surface area (Å²) in [6.45, 7) is 2.98. The summed E-state index contributed by atoms with van der Waals surface area (Å²) in [5, 5.41) is 0.888. The van der Waals surface area contributed by atoms with Crippen molar-refractivity contribution < 1.29 is 9.21 Å². The number of nitrogens with zero attached hydrogens (tertiary/aromatic N) is 2. The number of halogens is 2. The Hall–Kier alpha value is -2.15. The highest BCUT2D eigenvalue weighted by Crippen LogP contribution is 2.39. The first kappa shape index (κ1) is 20.1. The maximum absolute atomic E-state index is 13.5. The number of fused-ring (bicyclic) bond motifs is 2. The summed E-state index contributed by atoms with van der Waals surface area (Å²) >= 11 is 9.75. The van der Waals surface area contributed by atoms with Gasteiger partial charge in [-0.05, 0) is 56.4 Å². The van der Waals surface area contributed by atoms with E-state index >= 15 is 0 Å². The summed E-state index contributed by atoms with van der Waals surface area (Å²) < 4.78 is 6.86. The molecule has 7 heteroatoms. The summed E-state index contributed by atoms with van der Waals surface area (Å²) in [5.41, 5.74) is 2.19. The van der Waals surface area contributed by atoms with Gasteiger partial charge in [0.1, 0.15) is 5.58 Å². The second kappa shape index (κ2) is 7.59. The van der Waals surface area contributed by atoms with Crippen LogP contribution in [-0.2, 0) is 0 Å². The number of carbonyl (C=O) groups excluding carboxylic acids is 1. The number of benzene rings is 2. The molecule has 1 amide bonds. The number of hydrogen-bond donors (Lipinski definition) is 0. The van der Waals surface area contributed by atoms with Crippen LogP contribution in [0.1, 0.15) is 33.3 Å². The first-order chi connectivity index (χ1) is 13.8. The molecule has 1 unspecified atom stereocenters. The predicted molar refractivity (Wildman–Crippen MR) is 118 cm³/mol. The second-order valence-electron chi connectivity index (χ2n) is 7.53.